The van der Waals surface area contributed by atoms with Gasteiger partial charge in [-0.2, -0.15) is 0 Å². The molecule has 4 aromatic rings. The molecule has 1 N–H and O–H groups in total. The zero-order chi connectivity index (χ0) is 24.0. The average molecular weight is 481 g/mol. The van der Waals surface area contributed by atoms with E-state index in [2.05, 4.69) is 0 Å². The van der Waals surface area contributed by atoms with Gasteiger partial charge in [-0.1, -0.05) is 85.3 Å². The van der Waals surface area contributed by atoms with E-state index in [1.807, 2.05) is 72.8 Å². The van der Waals surface area contributed by atoms with Crippen molar-refractivity contribution in [2.24, 2.45) is 5.41 Å². The van der Waals surface area contributed by atoms with Crippen LogP contribution in [0.4, 0.5) is 0 Å². The topological polar surface area (TPSA) is 63.6 Å². The van der Waals surface area contributed by atoms with Crippen LogP contribution in [0, 0.1) is 5.41 Å². The first-order valence-corrected chi connectivity index (χ1v) is 12.7. The van der Waals surface area contributed by atoms with E-state index in [4.69, 9.17) is 4.74 Å². The summed E-state index contributed by atoms with van der Waals surface area (Å²) in [5, 5.41) is 12.7. The maximum absolute atomic E-state index is 13.9. The normalized spacial score (nSPS) is 16.2. The lowest BCUT2D eigenvalue weighted by Crippen LogP contribution is -2.29. The fourth-order valence-electron chi connectivity index (χ4n) is 5.48. The summed E-state index contributed by atoms with van der Waals surface area (Å²) < 4.78 is 6.16. The number of ketones is 2. The maximum Gasteiger partial charge on any atom is 0.181 e. The molecule has 1 fully saturated rings. The number of rotatable bonds is 5. The van der Waals surface area contributed by atoms with E-state index in [1.165, 1.54) is 11.8 Å². The summed E-state index contributed by atoms with van der Waals surface area (Å²) in [6.07, 6.45) is 2.78. The van der Waals surface area contributed by atoms with Crippen LogP contribution in [0.15, 0.2) is 88.7 Å². The highest BCUT2D eigenvalue weighted by molar-refractivity contribution is 7.99. The SMILES string of the molecule is O=C1c2c(c(O)c3c(OCc4ccccc4)cccc3c2Sc2ccccc2)C(=O)C12CCCC2. The second-order valence-corrected chi connectivity index (χ2v) is 10.3. The van der Waals surface area contributed by atoms with Gasteiger partial charge in [0.1, 0.15) is 18.1 Å². The van der Waals surface area contributed by atoms with Crippen molar-refractivity contribution in [3.05, 3.63) is 95.6 Å². The van der Waals surface area contributed by atoms with Crippen LogP contribution in [0.25, 0.3) is 10.8 Å². The van der Waals surface area contributed by atoms with Crippen LogP contribution < -0.4 is 4.74 Å². The standard InChI is InChI=1S/C30H24O4S/c31-26-23-21(14-9-15-22(23)34-18-19-10-3-1-4-11-19)27(35-20-12-5-2-6-13-20)25-24(26)28(32)30(29(25)33)16-7-8-17-30/h1-6,9-15,31H,7-8,16-18H2. The molecule has 0 unspecified atom stereocenters. The van der Waals surface area contributed by atoms with E-state index in [0.717, 1.165) is 28.7 Å². The van der Waals surface area contributed by atoms with Crippen LogP contribution >= 0.6 is 11.8 Å². The third-order valence-corrected chi connectivity index (χ3v) is 8.34. The summed E-state index contributed by atoms with van der Waals surface area (Å²) in [4.78, 5) is 29.3. The highest BCUT2D eigenvalue weighted by Crippen LogP contribution is 2.56. The zero-order valence-electron chi connectivity index (χ0n) is 19.1. The molecule has 2 aliphatic carbocycles. The Morgan fingerprint density at radius 1 is 0.800 bits per heavy atom. The fraction of sp³-hybridized carbons (Fsp3) is 0.200. The first kappa shape index (κ1) is 21.9. The van der Waals surface area contributed by atoms with E-state index in [9.17, 15) is 14.7 Å². The minimum atomic E-state index is -1.03. The summed E-state index contributed by atoms with van der Waals surface area (Å²) in [7, 11) is 0. The molecule has 4 aromatic carbocycles. The molecular weight excluding hydrogens is 456 g/mol. The molecule has 0 bridgehead atoms. The van der Waals surface area contributed by atoms with E-state index in [0.29, 0.717) is 41.0 Å². The Labute approximate surface area is 207 Å². The molecule has 0 heterocycles. The number of aromatic hydroxyl groups is 1. The zero-order valence-corrected chi connectivity index (χ0v) is 19.9. The van der Waals surface area contributed by atoms with Crippen LogP contribution in [-0.4, -0.2) is 16.7 Å². The average Bonchev–Trinajstić information content (AvgIpc) is 3.47. The van der Waals surface area contributed by atoms with Crippen molar-refractivity contribution in [3.8, 4) is 11.5 Å². The van der Waals surface area contributed by atoms with Gasteiger partial charge in [0, 0.05) is 20.7 Å². The van der Waals surface area contributed by atoms with Crippen molar-refractivity contribution in [1.82, 2.24) is 0 Å². The Kier molecular flexibility index (Phi) is 5.37. The maximum atomic E-state index is 13.9. The molecule has 0 amide bonds. The molecule has 6 rings (SSSR count). The number of ether oxygens (including phenoxy) is 1. The summed E-state index contributed by atoms with van der Waals surface area (Å²) in [6, 6.07) is 25.2. The molecule has 0 radical (unpaired) electrons. The van der Waals surface area contributed by atoms with E-state index in [-0.39, 0.29) is 22.9 Å². The van der Waals surface area contributed by atoms with Gasteiger partial charge in [-0.3, -0.25) is 9.59 Å². The number of carbonyl (C=O) groups excluding carboxylic acids is 2. The number of hydrogen-bond acceptors (Lipinski definition) is 5. The summed E-state index contributed by atoms with van der Waals surface area (Å²) >= 11 is 1.46. The van der Waals surface area contributed by atoms with Gasteiger partial charge in [-0.05, 0) is 36.6 Å². The Morgan fingerprint density at radius 3 is 2.17 bits per heavy atom. The van der Waals surface area contributed by atoms with Crippen molar-refractivity contribution in [3.63, 3.8) is 0 Å². The number of benzene rings is 4. The van der Waals surface area contributed by atoms with E-state index < -0.39 is 5.41 Å². The molecular formula is C30H24O4S. The Bertz CT molecular complexity index is 1450. The minimum absolute atomic E-state index is 0.138. The first-order chi connectivity index (χ1) is 17.1. The van der Waals surface area contributed by atoms with Crippen LogP contribution in [0.1, 0.15) is 52.0 Å². The molecule has 35 heavy (non-hydrogen) atoms. The van der Waals surface area contributed by atoms with Gasteiger partial charge < -0.3 is 9.84 Å². The predicted octanol–water partition coefficient (Wildman–Crippen LogP) is 7.22. The molecule has 174 valence electrons. The molecule has 1 saturated carbocycles. The van der Waals surface area contributed by atoms with Gasteiger partial charge >= 0.3 is 0 Å². The number of hydrogen-bond donors (Lipinski definition) is 1. The second-order valence-electron chi connectivity index (χ2n) is 9.24. The molecule has 0 aromatic heterocycles. The van der Waals surface area contributed by atoms with Crippen LogP contribution in [-0.2, 0) is 6.61 Å². The summed E-state index contributed by atoms with van der Waals surface area (Å²) in [6.45, 7) is 0.328. The van der Waals surface area contributed by atoms with Gasteiger partial charge in [0.05, 0.1) is 16.4 Å². The number of Topliss-reactive ketones (excluding diaryl/α,β-unsaturated/α-hetero) is 2. The smallest absolute Gasteiger partial charge is 0.181 e. The molecule has 0 saturated heterocycles. The predicted molar refractivity (Wildman–Crippen MR) is 137 cm³/mol. The van der Waals surface area contributed by atoms with Gasteiger partial charge in [-0.25, -0.2) is 0 Å². The number of phenolic OH excluding ortho intramolecular Hbond substituents is 1. The quantitative estimate of drug-likeness (QED) is 0.306. The minimum Gasteiger partial charge on any atom is -0.506 e. The third kappa shape index (κ3) is 3.45. The lowest BCUT2D eigenvalue weighted by atomic mass is 9.81. The summed E-state index contributed by atoms with van der Waals surface area (Å²) in [5.74, 6) is -0.0178. The van der Waals surface area contributed by atoms with E-state index in [1.54, 1.807) is 6.07 Å². The van der Waals surface area contributed by atoms with Gasteiger partial charge in [0.15, 0.2) is 11.6 Å². The van der Waals surface area contributed by atoms with Crippen molar-refractivity contribution < 1.29 is 19.4 Å². The number of carbonyl (C=O) groups is 2. The second kappa shape index (κ2) is 8.58. The van der Waals surface area contributed by atoms with Crippen LogP contribution in [0.5, 0.6) is 11.5 Å². The first-order valence-electron chi connectivity index (χ1n) is 11.9. The Morgan fingerprint density at radius 2 is 1.46 bits per heavy atom. The van der Waals surface area contributed by atoms with Crippen molar-refractivity contribution in [2.75, 3.05) is 0 Å². The van der Waals surface area contributed by atoms with Gasteiger partial charge in [-0.15, -0.1) is 0 Å². The van der Waals surface area contributed by atoms with E-state index >= 15 is 0 Å². The third-order valence-electron chi connectivity index (χ3n) is 7.20. The number of fused-ring (bicyclic) bond motifs is 2. The van der Waals surface area contributed by atoms with Crippen molar-refractivity contribution in [2.45, 2.75) is 42.1 Å². The summed E-state index contributed by atoms with van der Waals surface area (Å²) in [5.41, 5.74) is 0.503. The lowest BCUT2D eigenvalue weighted by molar-refractivity contribution is 0.0704. The fourth-order valence-corrected chi connectivity index (χ4v) is 6.58. The molecule has 1 spiro atoms. The molecule has 4 nitrogen and oxygen atoms in total. The van der Waals surface area contributed by atoms with Crippen LogP contribution in [0.3, 0.4) is 0 Å². The highest BCUT2D eigenvalue weighted by Gasteiger charge is 2.56. The van der Waals surface area contributed by atoms with Crippen molar-refractivity contribution in [1.29, 1.82) is 0 Å². The Balaban J connectivity index is 1.57. The van der Waals surface area contributed by atoms with Gasteiger partial charge in [0.25, 0.3) is 0 Å². The molecule has 0 aliphatic heterocycles. The molecule has 5 heteroatoms. The highest BCUT2D eigenvalue weighted by atomic mass is 32.2. The largest absolute Gasteiger partial charge is 0.506 e. The van der Waals surface area contributed by atoms with Gasteiger partial charge in [0.2, 0.25) is 0 Å². The van der Waals surface area contributed by atoms with Crippen LogP contribution in [0.2, 0.25) is 0 Å². The monoisotopic (exact) mass is 480 g/mol. The molecule has 0 atom stereocenters. The number of phenols is 1. The Hall–Kier alpha value is -3.57. The lowest BCUT2D eigenvalue weighted by Gasteiger charge is -2.18. The molecule has 2 aliphatic rings. The van der Waals surface area contributed by atoms with Crippen molar-refractivity contribution >= 4 is 34.1 Å².